The summed E-state index contributed by atoms with van der Waals surface area (Å²) in [7, 11) is 0. The molecule has 1 aliphatic rings. The molecule has 0 bridgehead atoms. The molecule has 0 saturated carbocycles. The molecule has 1 fully saturated rings. The van der Waals surface area contributed by atoms with E-state index in [9.17, 15) is 4.79 Å². The predicted molar refractivity (Wildman–Crippen MR) is 103 cm³/mol. The van der Waals surface area contributed by atoms with E-state index in [1.165, 1.54) is 0 Å². The minimum Gasteiger partial charge on any atom is -0.338 e. The van der Waals surface area contributed by atoms with Gasteiger partial charge >= 0.3 is 0 Å². The van der Waals surface area contributed by atoms with Crippen LogP contribution in [0.2, 0.25) is 0 Å². The molecule has 6 nitrogen and oxygen atoms in total. The minimum absolute atomic E-state index is 0. The van der Waals surface area contributed by atoms with Gasteiger partial charge in [0, 0.05) is 19.3 Å². The van der Waals surface area contributed by atoms with Gasteiger partial charge < -0.3 is 10.6 Å². The molecule has 3 heterocycles. The van der Waals surface area contributed by atoms with Gasteiger partial charge in [-0.25, -0.2) is 9.67 Å². The van der Waals surface area contributed by atoms with Crippen LogP contribution in [0.4, 0.5) is 0 Å². The topological polar surface area (TPSA) is 77.0 Å². The molecular formula is C17H25Cl2N5O. The molecule has 138 valence electrons. The lowest BCUT2D eigenvalue weighted by atomic mass is 9.90. The van der Waals surface area contributed by atoms with E-state index in [1.54, 1.807) is 17.1 Å². The smallest absolute Gasteiger partial charge is 0.257 e. The average Bonchev–Trinajstić information content (AvgIpc) is 3.19. The summed E-state index contributed by atoms with van der Waals surface area (Å²) in [5, 5.41) is 4.39. The normalized spacial score (nSPS) is 19.2. The zero-order chi connectivity index (χ0) is 16.4. The summed E-state index contributed by atoms with van der Waals surface area (Å²) < 4.78 is 1.76. The first-order valence-corrected chi connectivity index (χ1v) is 8.05. The van der Waals surface area contributed by atoms with Gasteiger partial charge in [0.15, 0.2) is 5.82 Å². The van der Waals surface area contributed by atoms with Gasteiger partial charge in [-0.3, -0.25) is 4.79 Å². The lowest BCUT2D eigenvalue weighted by Gasteiger charge is -2.22. The second kappa shape index (κ2) is 8.65. The van der Waals surface area contributed by atoms with Crippen LogP contribution in [-0.4, -0.2) is 45.2 Å². The SMILES string of the molecule is CCc1c(C(=O)N2CCC(C)(CN)C2)cnn1-c1ccccn1.Cl.Cl. The molecule has 1 aliphatic heterocycles. The first-order valence-electron chi connectivity index (χ1n) is 8.05. The molecule has 0 radical (unpaired) electrons. The highest BCUT2D eigenvalue weighted by Gasteiger charge is 2.36. The number of halogens is 2. The van der Waals surface area contributed by atoms with E-state index in [0.29, 0.717) is 18.7 Å². The van der Waals surface area contributed by atoms with E-state index < -0.39 is 0 Å². The Hall–Kier alpha value is -1.63. The molecule has 8 heteroatoms. The van der Waals surface area contributed by atoms with Crippen LogP contribution >= 0.6 is 24.8 Å². The molecule has 0 aliphatic carbocycles. The van der Waals surface area contributed by atoms with Crippen molar-refractivity contribution in [2.75, 3.05) is 19.6 Å². The number of carbonyl (C=O) groups is 1. The molecule has 0 spiro atoms. The lowest BCUT2D eigenvalue weighted by Crippen LogP contribution is -2.34. The van der Waals surface area contributed by atoms with Crippen molar-refractivity contribution in [1.29, 1.82) is 0 Å². The Bertz CT molecular complexity index is 706. The number of hydrogen-bond donors (Lipinski definition) is 1. The van der Waals surface area contributed by atoms with Gasteiger partial charge in [-0.2, -0.15) is 5.10 Å². The first kappa shape index (κ1) is 21.4. The van der Waals surface area contributed by atoms with E-state index in [-0.39, 0.29) is 36.1 Å². The standard InChI is InChI=1S/C17H23N5O.2ClH/c1-3-14-13(10-20-22(14)15-6-4-5-8-19-15)16(23)21-9-7-17(2,11-18)12-21;;/h4-6,8,10H,3,7,9,11-12,18H2,1-2H3;2*1H. The van der Waals surface area contributed by atoms with Gasteiger partial charge in [0.25, 0.3) is 5.91 Å². The van der Waals surface area contributed by atoms with Crippen molar-refractivity contribution >= 4 is 30.7 Å². The third-order valence-corrected chi connectivity index (χ3v) is 4.64. The fourth-order valence-electron chi connectivity index (χ4n) is 3.10. The molecule has 2 aromatic rings. The van der Waals surface area contributed by atoms with Crippen molar-refractivity contribution in [3.63, 3.8) is 0 Å². The summed E-state index contributed by atoms with van der Waals surface area (Å²) in [6.45, 7) is 6.23. The van der Waals surface area contributed by atoms with Crippen LogP contribution in [0.1, 0.15) is 36.3 Å². The zero-order valence-electron chi connectivity index (χ0n) is 14.5. The summed E-state index contributed by atoms with van der Waals surface area (Å²) in [4.78, 5) is 19.1. The maximum atomic E-state index is 12.9. The van der Waals surface area contributed by atoms with Crippen molar-refractivity contribution in [3.8, 4) is 5.82 Å². The molecule has 25 heavy (non-hydrogen) atoms. The van der Waals surface area contributed by atoms with Crippen LogP contribution < -0.4 is 5.73 Å². The Balaban J connectivity index is 0.00000156. The van der Waals surface area contributed by atoms with Crippen molar-refractivity contribution in [2.45, 2.75) is 26.7 Å². The highest BCUT2D eigenvalue weighted by Crippen LogP contribution is 2.30. The van der Waals surface area contributed by atoms with Gasteiger partial charge in [0.2, 0.25) is 0 Å². The second-order valence-electron chi connectivity index (χ2n) is 6.45. The summed E-state index contributed by atoms with van der Waals surface area (Å²) >= 11 is 0. The monoisotopic (exact) mass is 385 g/mol. The zero-order valence-corrected chi connectivity index (χ0v) is 16.1. The number of carbonyl (C=O) groups excluding carboxylic acids is 1. The number of nitrogens with zero attached hydrogens (tertiary/aromatic N) is 4. The molecule has 2 aromatic heterocycles. The van der Waals surface area contributed by atoms with Crippen LogP contribution in [-0.2, 0) is 6.42 Å². The van der Waals surface area contributed by atoms with Gasteiger partial charge in [0.1, 0.15) is 0 Å². The van der Waals surface area contributed by atoms with Gasteiger partial charge in [-0.1, -0.05) is 19.9 Å². The van der Waals surface area contributed by atoms with Crippen molar-refractivity contribution < 1.29 is 4.79 Å². The van der Waals surface area contributed by atoms with Crippen molar-refractivity contribution in [2.24, 2.45) is 11.1 Å². The second-order valence-corrected chi connectivity index (χ2v) is 6.45. The number of pyridine rings is 1. The van der Waals surface area contributed by atoms with E-state index in [4.69, 9.17) is 5.73 Å². The third-order valence-electron chi connectivity index (χ3n) is 4.64. The van der Waals surface area contributed by atoms with Gasteiger partial charge in [0.05, 0.1) is 17.5 Å². The molecule has 3 rings (SSSR count). The maximum absolute atomic E-state index is 12.9. The number of amides is 1. The Morgan fingerprint density at radius 3 is 2.68 bits per heavy atom. The van der Waals surface area contributed by atoms with E-state index in [0.717, 1.165) is 30.9 Å². The minimum atomic E-state index is 0. The number of aromatic nitrogens is 3. The molecule has 0 aromatic carbocycles. The van der Waals surface area contributed by atoms with Crippen LogP contribution in [0.3, 0.4) is 0 Å². The lowest BCUT2D eigenvalue weighted by molar-refractivity contribution is 0.0776. The van der Waals surface area contributed by atoms with Gasteiger partial charge in [-0.15, -0.1) is 24.8 Å². The molecule has 2 N–H and O–H groups in total. The summed E-state index contributed by atoms with van der Waals surface area (Å²) in [5.74, 6) is 0.776. The van der Waals surface area contributed by atoms with Crippen LogP contribution in [0.15, 0.2) is 30.6 Å². The quantitative estimate of drug-likeness (QED) is 0.876. The van der Waals surface area contributed by atoms with E-state index in [1.807, 2.05) is 30.0 Å². The first-order chi connectivity index (χ1) is 11.1. The Labute approximate surface area is 160 Å². The average molecular weight is 386 g/mol. The van der Waals surface area contributed by atoms with Crippen LogP contribution in [0.25, 0.3) is 5.82 Å². The van der Waals surface area contributed by atoms with Crippen molar-refractivity contribution in [1.82, 2.24) is 19.7 Å². The third kappa shape index (κ3) is 4.14. The summed E-state index contributed by atoms with van der Waals surface area (Å²) in [5.41, 5.74) is 7.43. The fourth-order valence-corrected chi connectivity index (χ4v) is 3.10. The molecular weight excluding hydrogens is 361 g/mol. The molecule has 1 atom stereocenters. The van der Waals surface area contributed by atoms with E-state index in [2.05, 4.69) is 17.0 Å². The molecule has 1 saturated heterocycles. The highest BCUT2D eigenvalue weighted by atomic mass is 35.5. The van der Waals surface area contributed by atoms with E-state index >= 15 is 0 Å². The Kier molecular flexibility index (Phi) is 7.41. The molecule has 1 amide bonds. The fraction of sp³-hybridized carbons (Fsp3) is 0.471. The maximum Gasteiger partial charge on any atom is 0.257 e. The Morgan fingerprint density at radius 2 is 2.12 bits per heavy atom. The molecule has 1 unspecified atom stereocenters. The highest BCUT2D eigenvalue weighted by molar-refractivity contribution is 5.95. The van der Waals surface area contributed by atoms with Gasteiger partial charge in [-0.05, 0) is 36.9 Å². The number of hydrogen-bond acceptors (Lipinski definition) is 4. The largest absolute Gasteiger partial charge is 0.338 e. The van der Waals surface area contributed by atoms with Crippen molar-refractivity contribution in [3.05, 3.63) is 41.9 Å². The Morgan fingerprint density at radius 1 is 1.36 bits per heavy atom. The van der Waals surface area contributed by atoms with Crippen LogP contribution in [0.5, 0.6) is 0 Å². The predicted octanol–water partition coefficient (Wildman–Crippen LogP) is 2.48. The summed E-state index contributed by atoms with van der Waals surface area (Å²) in [6, 6.07) is 5.67. The summed E-state index contributed by atoms with van der Waals surface area (Å²) in [6.07, 6.45) is 5.06. The number of likely N-dealkylation sites (tertiary alicyclic amines) is 1. The number of nitrogens with two attached hydrogens (primary N) is 1. The number of rotatable bonds is 4. The van der Waals surface area contributed by atoms with Crippen LogP contribution in [0, 0.1) is 5.41 Å².